The van der Waals surface area contributed by atoms with Crippen molar-refractivity contribution in [3.63, 3.8) is 0 Å². The molecule has 0 unspecified atom stereocenters. The standard InChI is InChI=1S/C14H10ClF2N3O/c1-21-7-8-5-18-14(15)10-6-19-20(13(8)10)12-3-2-9(16)4-11(12)17/h2-6H,7H2,1H3. The lowest BCUT2D eigenvalue weighted by Crippen LogP contribution is -2.03. The van der Waals surface area contributed by atoms with Crippen molar-refractivity contribution in [3.8, 4) is 5.69 Å². The molecule has 0 aliphatic heterocycles. The second-order valence-corrected chi connectivity index (χ2v) is 4.78. The summed E-state index contributed by atoms with van der Waals surface area (Å²) < 4.78 is 33.5. The summed E-state index contributed by atoms with van der Waals surface area (Å²) in [4.78, 5) is 4.05. The molecule has 0 saturated carbocycles. The van der Waals surface area contributed by atoms with Crippen molar-refractivity contribution in [3.05, 3.63) is 52.9 Å². The van der Waals surface area contributed by atoms with Crippen molar-refractivity contribution in [1.82, 2.24) is 14.8 Å². The van der Waals surface area contributed by atoms with E-state index in [1.165, 1.54) is 23.0 Å². The predicted molar refractivity (Wildman–Crippen MR) is 74.5 cm³/mol. The Balaban J connectivity index is 2.30. The van der Waals surface area contributed by atoms with Crippen LogP contribution in [0, 0.1) is 11.6 Å². The first-order chi connectivity index (χ1) is 10.1. The molecule has 0 aliphatic carbocycles. The zero-order chi connectivity index (χ0) is 15.0. The van der Waals surface area contributed by atoms with Crippen LogP contribution in [-0.2, 0) is 11.3 Å². The summed E-state index contributed by atoms with van der Waals surface area (Å²) in [5.74, 6) is -1.36. The highest BCUT2D eigenvalue weighted by Crippen LogP contribution is 2.28. The van der Waals surface area contributed by atoms with Crippen LogP contribution in [0.25, 0.3) is 16.6 Å². The zero-order valence-corrected chi connectivity index (χ0v) is 11.7. The zero-order valence-electron chi connectivity index (χ0n) is 11.0. The highest BCUT2D eigenvalue weighted by molar-refractivity contribution is 6.34. The lowest BCUT2D eigenvalue weighted by molar-refractivity contribution is 0.185. The quantitative estimate of drug-likeness (QED) is 0.695. The molecule has 0 bridgehead atoms. The third-order valence-corrected chi connectivity index (χ3v) is 3.37. The summed E-state index contributed by atoms with van der Waals surface area (Å²) in [6.45, 7) is 0.273. The number of halogens is 3. The Morgan fingerprint density at radius 2 is 2.10 bits per heavy atom. The fraction of sp³-hybridized carbons (Fsp3) is 0.143. The Labute approximate surface area is 123 Å². The molecule has 0 aliphatic rings. The number of hydrogen-bond donors (Lipinski definition) is 0. The monoisotopic (exact) mass is 309 g/mol. The van der Waals surface area contributed by atoms with Gasteiger partial charge >= 0.3 is 0 Å². The molecule has 0 spiro atoms. The van der Waals surface area contributed by atoms with Crippen LogP contribution in [0.3, 0.4) is 0 Å². The summed E-state index contributed by atoms with van der Waals surface area (Å²) >= 11 is 6.04. The van der Waals surface area contributed by atoms with E-state index in [1.807, 2.05) is 0 Å². The Kier molecular flexibility index (Phi) is 3.57. The summed E-state index contributed by atoms with van der Waals surface area (Å²) in [6.07, 6.45) is 3.04. The molecule has 7 heteroatoms. The maximum atomic E-state index is 14.0. The first-order valence-electron chi connectivity index (χ1n) is 6.07. The van der Waals surface area contributed by atoms with Gasteiger partial charge in [0.25, 0.3) is 0 Å². The molecule has 0 radical (unpaired) electrons. The van der Waals surface area contributed by atoms with Gasteiger partial charge < -0.3 is 4.74 Å². The average Bonchev–Trinajstić information content (AvgIpc) is 2.88. The number of rotatable bonds is 3. The number of hydrogen-bond acceptors (Lipinski definition) is 3. The van der Waals surface area contributed by atoms with Gasteiger partial charge in [0.2, 0.25) is 0 Å². The first-order valence-corrected chi connectivity index (χ1v) is 6.45. The molecule has 0 saturated heterocycles. The van der Waals surface area contributed by atoms with E-state index >= 15 is 0 Å². The SMILES string of the molecule is COCc1cnc(Cl)c2cnn(-c3ccc(F)cc3F)c12. The summed E-state index contributed by atoms with van der Waals surface area (Å²) in [7, 11) is 1.54. The van der Waals surface area contributed by atoms with Crippen LogP contribution in [0.2, 0.25) is 5.15 Å². The van der Waals surface area contributed by atoms with E-state index in [-0.39, 0.29) is 17.4 Å². The van der Waals surface area contributed by atoms with Crippen molar-refractivity contribution in [2.75, 3.05) is 7.11 Å². The molecule has 0 fully saturated rings. The molecular weight excluding hydrogens is 300 g/mol. The second kappa shape index (κ2) is 5.38. The van der Waals surface area contributed by atoms with E-state index in [0.717, 1.165) is 6.07 Å². The maximum Gasteiger partial charge on any atom is 0.151 e. The minimum Gasteiger partial charge on any atom is -0.380 e. The van der Waals surface area contributed by atoms with Gasteiger partial charge in [0.05, 0.1) is 23.7 Å². The highest BCUT2D eigenvalue weighted by atomic mass is 35.5. The smallest absolute Gasteiger partial charge is 0.151 e. The van der Waals surface area contributed by atoms with Gasteiger partial charge in [-0.3, -0.25) is 0 Å². The molecule has 2 heterocycles. The molecule has 1 aromatic carbocycles. The molecule has 3 rings (SSSR count). The molecule has 0 N–H and O–H groups in total. The molecule has 4 nitrogen and oxygen atoms in total. The van der Waals surface area contributed by atoms with Gasteiger partial charge in [-0.05, 0) is 12.1 Å². The van der Waals surface area contributed by atoms with Crippen molar-refractivity contribution >= 4 is 22.5 Å². The number of benzene rings is 1. The Hall–Kier alpha value is -2.05. The van der Waals surface area contributed by atoms with Gasteiger partial charge in [-0.25, -0.2) is 18.4 Å². The number of aromatic nitrogens is 3. The topological polar surface area (TPSA) is 39.9 Å². The minimum absolute atomic E-state index is 0.131. The third kappa shape index (κ3) is 2.36. The predicted octanol–water partition coefficient (Wildman–Crippen LogP) is 3.50. The van der Waals surface area contributed by atoms with Gasteiger partial charge in [-0.15, -0.1) is 0 Å². The van der Waals surface area contributed by atoms with Crippen molar-refractivity contribution in [1.29, 1.82) is 0 Å². The van der Waals surface area contributed by atoms with Gasteiger partial charge in [-0.2, -0.15) is 5.10 Å². The van der Waals surface area contributed by atoms with Crippen LogP contribution in [0.15, 0.2) is 30.6 Å². The van der Waals surface area contributed by atoms with E-state index in [1.54, 1.807) is 13.3 Å². The summed E-state index contributed by atoms with van der Waals surface area (Å²) in [6, 6.07) is 3.30. The summed E-state index contributed by atoms with van der Waals surface area (Å²) in [5, 5.41) is 4.98. The number of nitrogens with zero attached hydrogens (tertiary/aromatic N) is 3. The fourth-order valence-electron chi connectivity index (χ4n) is 2.17. The molecule has 3 aromatic rings. The van der Waals surface area contributed by atoms with Gasteiger partial charge in [0.1, 0.15) is 16.7 Å². The van der Waals surface area contributed by atoms with Crippen LogP contribution in [0.5, 0.6) is 0 Å². The highest BCUT2D eigenvalue weighted by Gasteiger charge is 2.16. The molecule has 21 heavy (non-hydrogen) atoms. The molecule has 0 atom stereocenters. The molecule has 2 aromatic heterocycles. The van der Waals surface area contributed by atoms with Crippen molar-refractivity contribution in [2.24, 2.45) is 0 Å². The molecule has 108 valence electrons. The average molecular weight is 310 g/mol. The van der Waals surface area contributed by atoms with E-state index in [9.17, 15) is 8.78 Å². The Bertz CT molecular complexity index is 819. The number of pyridine rings is 1. The van der Waals surface area contributed by atoms with E-state index < -0.39 is 11.6 Å². The summed E-state index contributed by atoms with van der Waals surface area (Å²) in [5.41, 5.74) is 1.42. The number of ether oxygens (including phenoxy) is 1. The van der Waals surface area contributed by atoms with E-state index in [4.69, 9.17) is 16.3 Å². The Morgan fingerprint density at radius 1 is 1.29 bits per heavy atom. The third-order valence-electron chi connectivity index (χ3n) is 3.07. The van der Waals surface area contributed by atoms with Crippen LogP contribution in [0.1, 0.15) is 5.56 Å². The normalized spacial score (nSPS) is 11.2. The van der Waals surface area contributed by atoms with Gasteiger partial charge in [-0.1, -0.05) is 11.6 Å². The van der Waals surface area contributed by atoms with Crippen LogP contribution in [-0.4, -0.2) is 21.9 Å². The molecule has 0 amide bonds. The first kappa shape index (κ1) is 13.9. The van der Waals surface area contributed by atoms with E-state index in [0.29, 0.717) is 16.5 Å². The van der Waals surface area contributed by atoms with Crippen LogP contribution < -0.4 is 0 Å². The van der Waals surface area contributed by atoms with Crippen molar-refractivity contribution < 1.29 is 13.5 Å². The fourth-order valence-corrected chi connectivity index (χ4v) is 2.36. The second-order valence-electron chi connectivity index (χ2n) is 4.42. The largest absolute Gasteiger partial charge is 0.380 e. The van der Waals surface area contributed by atoms with Crippen LogP contribution >= 0.6 is 11.6 Å². The van der Waals surface area contributed by atoms with Gasteiger partial charge in [0, 0.05) is 24.9 Å². The maximum absolute atomic E-state index is 14.0. The Morgan fingerprint density at radius 3 is 2.81 bits per heavy atom. The lowest BCUT2D eigenvalue weighted by Gasteiger charge is -2.09. The van der Waals surface area contributed by atoms with E-state index in [2.05, 4.69) is 10.1 Å². The van der Waals surface area contributed by atoms with Crippen molar-refractivity contribution in [2.45, 2.75) is 6.61 Å². The lowest BCUT2D eigenvalue weighted by atomic mass is 10.2. The minimum atomic E-state index is -0.712. The number of fused-ring (bicyclic) bond motifs is 1. The molecular formula is C14H10ClF2N3O. The number of methoxy groups -OCH3 is 1. The van der Waals surface area contributed by atoms with Gasteiger partial charge in [0.15, 0.2) is 5.82 Å². The van der Waals surface area contributed by atoms with Crippen LogP contribution in [0.4, 0.5) is 8.78 Å².